The fraction of sp³-hybridized carbons (Fsp3) is 0.412. The maximum atomic E-state index is 12.3. The van der Waals surface area contributed by atoms with Crippen molar-refractivity contribution in [1.82, 2.24) is 15.1 Å². The molecule has 0 unspecified atom stereocenters. The predicted molar refractivity (Wildman–Crippen MR) is 89.7 cm³/mol. The molecule has 1 heterocycles. The van der Waals surface area contributed by atoms with Gasteiger partial charge in [-0.2, -0.15) is 5.10 Å². The molecule has 24 heavy (non-hydrogen) atoms. The third kappa shape index (κ3) is 3.45. The molecule has 0 aliphatic heterocycles. The second-order valence-corrected chi connectivity index (χ2v) is 5.76. The molecule has 7 heteroatoms. The molecule has 1 aromatic carbocycles. The van der Waals surface area contributed by atoms with Crippen LogP contribution in [0.4, 0.5) is 0 Å². The Hall–Kier alpha value is -2.70. The van der Waals surface area contributed by atoms with Gasteiger partial charge in [0.25, 0.3) is 5.56 Å². The van der Waals surface area contributed by atoms with E-state index in [0.29, 0.717) is 23.6 Å². The minimum Gasteiger partial charge on any atom is -0.481 e. The zero-order valence-corrected chi connectivity index (χ0v) is 13.8. The molecule has 0 fully saturated rings. The fourth-order valence-corrected chi connectivity index (χ4v) is 2.58. The van der Waals surface area contributed by atoms with Crippen molar-refractivity contribution >= 4 is 22.6 Å². The van der Waals surface area contributed by atoms with Crippen molar-refractivity contribution in [1.29, 1.82) is 0 Å². The number of aliphatic carboxylic acids is 1. The van der Waals surface area contributed by atoms with Gasteiger partial charge in [-0.1, -0.05) is 32.0 Å². The highest BCUT2D eigenvalue weighted by Crippen LogP contribution is 2.25. The number of hydrogen-bond donors (Lipinski definition) is 2. The molecular formula is C17H21N3O4. The molecule has 2 rings (SSSR count). The molecule has 2 aromatic rings. The number of carboxylic acid groups (broad SMARTS) is 1. The first-order valence-electron chi connectivity index (χ1n) is 7.88. The Labute approximate surface area is 139 Å². The summed E-state index contributed by atoms with van der Waals surface area (Å²) in [6.45, 7) is 3.33. The van der Waals surface area contributed by atoms with Gasteiger partial charge in [0.1, 0.15) is 6.54 Å². The molecule has 0 radical (unpaired) electrons. The Morgan fingerprint density at radius 3 is 2.54 bits per heavy atom. The molecular weight excluding hydrogens is 310 g/mol. The second-order valence-electron chi connectivity index (χ2n) is 5.76. The number of benzene rings is 1. The zero-order chi connectivity index (χ0) is 17.7. The van der Waals surface area contributed by atoms with Crippen molar-refractivity contribution in [3.8, 4) is 0 Å². The third-order valence-corrected chi connectivity index (χ3v) is 4.49. The summed E-state index contributed by atoms with van der Waals surface area (Å²) >= 11 is 0. The Morgan fingerprint density at radius 2 is 1.92 bits per heavy atom. The maximum Gasteiger partial charge on any atom is 0.311 e. The molecule has 0 bridgehead atoms. The Morgan fingerprint density at radius 1 is 1.25 bits per heavy atom. The van der Waals surface area contributed by atoms with Crippen LogP contribution in [0.3, 0.4) is 0 Å². The Kier molecular flexibility index (Phi) is 5.33. The normalized spacial score (nSPS) is 11.4. The van der Waals surface area contributed by atoms with Crippen molar-refractivity contribution < 1.29 is 14.7 Å². The van der Waals surface area contributed by atoms with E-state index >= 15 is 0 Å². The van der Waals surface area contributed by atoms with Crippen LogP contribution in [0.5, 0.6) is 0 Å². The fourth-order valence-electron chi connectivity index (χ4n) is 2.58. The number of hydrogen-bond acceptors (Lipinski definition) is 4. The van der Waals surface area contributed by atoms with Crippen LogP contribution >= 0.6 is 0 Å². The van der Waals surface area contributed by atoms with Crippen molar-refractivity contribution in [3.05, 3.63) is 40.8 Å². The summed E-state index contributed by atoms with van der Waals surface area (Å²) in [5.74, 6) is -1.37. The second kappa shape index (κ2) is 7.25. The summed E-state index contributed by atoms with van der Waals surface area (Å²) in [7, 11) is 0. The third-order valence-electron chi connectivity index (χ3n) is 4.49. The van der Waals surface area contributed by atoms with Crippen LogP contribution in [-0.2, 0) is 16.1 Å². The number of aromatic nitrogens is 2. The van der Waals surface area contributed by atoms with Gasteiger partial charge >= 0.3 is 5.97 Å². The zero-order valence-electron chi connectivity index (χ0n) is 13.8. The van der Waals surface area contributed by atoms with Gasteiger partial charge in [0, 0.05) is 11.9 Å². The molecule has 0 saturated heterocycles. The molecule has 0 spiro atoms. The minimum absolute atomic E-state index is 0.0243. The molecule has 1 amide bonds. The van der Waals surface area contributed by atoms with E-state index in [1.165, 1.54) is 6.20 Å². The standard InChI is InChI=1S/C17H21N3O4/c1-3-17(4-2,16(23)24)11-18-14(21)10-20-15(22)13-8-6-5-7-12(13)9-19-20/h5-9H,3-4,10-11H2,1-2H3,(H,18,21)(H,23,24). The summed E-state index contributed by atoms with van der Waals surface area (Å²) in [6.07, 6.45) is 2.35. The smallest absolute Gasteiger partial charge is 0.311 e. The molecule has 0 saturated carbocycles. The molecule has 128 valence electrons. The SMILES string of the molecule is CCC(CC)(CNC(=O)Cn1ncc2ccccc2c1=O)C(=O)O. The molecule has 0 aliphatic carbocycles. The highest BCUT2D eigenvalue weighted by Gasteiger charge is 2.35. The molecule has 2 N–H and O–H groups in total. The van der Waals surface area contributed by atoms with Gasteiger partial charge in [-0.05, 0) is 18.9 Å². The number of carboxylic acids is 1. The molecule has 7 nitrogen and oxygen atoms in total. The van der Waals surface area contributed by atoms with Crippen molar-refractivity contribution in [2.45, 2.75) is 33.2 Å². The van der Waals surface area contributed by atoms with Crippen molar-refractivity contribution in [3.63, 3.8) is 0 Å². The maximum absolute atomic E-state index is 12.3. The Balaban J connectivity index is 2.12. The van der Waals surface area contributed by atoms with Crippen molar-refractivity contribution in [2.75, 3.05) is 6.54 Å². The quantitative estimate of drug-likeness (QED) is 0.798. The number of amides is 1. The van der Waals surface area contributed by atoms with E-state index in [4.69, 9.17) is 0 Å². The number of rotatable bonds is 7. The minimum atomic E-state index is -0.989. The van der Waals surface area contributed by atoms with Gasteiger partial charge < -0.3 is 10.4 Å². The lowest BCUT2D eigenvalue weighted by atomic mass is 9.82. The number of fused-ring (bicyclic) bond motifs is 1. The van der Waals surface area contributed by atoms with Crippen molar-refractivity contribution in [2.24, 2.45) is 5.41 Å². The lowest BCUT2D eigenvalue weighted by molar-refractivity contribution is -0.149. The summed E-state index contributed by atoms with van der Waals surface area (Å²) < 4.78 is 1.08. The molecule has 0 atom stereocenters. The van der Waals surface area contributed by atoms with Crippen LogP contribution in [0.2, 0.25) is 0 Å². The summed E-state index contributed by atoms with van der Waals surface area (Å²) in [6, 6.07) is 7.01. The van der Waals surface area contributed by atoms with Crippen LogP contribution in [0, 0.1) is 5.41 Å². The predicted octanol–water partition coefficient (Wildman–Crippen LogP) is 1.40. The first-order valence-corrected chi connectivity index (χ1v) is 7.88. The van der Waals surface area contributed by atoms with E-state index in [-0.39, 0.29) is 18.6 Å². The lowest BCUT2D eigenvalue weighted by Crippen LogP contribution is -2.44. The highest BCUT2D eigenvalue weighted by atomic mass is 16.4. The van der Waals surface area contributed by atoms with E-state index in [0.717, 1.165) is 4.68 Å². The van der Waals surface area contributed by atoms with E-state index in [1.807, 2.05) is 6.07 Å². The van der Waals surface area contributed by atoms with Gasteiger partial charge in [0.05, 0.1) is 17.0 Å². The monoisotopic (exact) mass is 331 g/mol. The van der Waals surface area contributed by atoms with Gasteiger partial charge in [-0.15, -0.1) is 0 Å². The van der Waals surface area contributed by atoms with E-state index in [2.05, 4.69) is 10.4 Å². The van der Waals surface area contributed by atoms with Gasteiger partial charge in [-0.25, -0.2) is 4.68 Å². The number of carbonyl (C=O) groups excluding carboxylic acids is 1. The van der Waals surface area contributed by atoms with Gasteiger partial charge in [0.15, 0.2) is 0 Å². The van der Waals surface area contributed by atoms with Gasteiger partial charge in [-0.3, -0.25) is 14.4 Å². The van der Waals surface area contributed by atoms with Crippen LogP contribution in [0.15, 0.2) is 35.3 Å². The van der Waals surface area contributed by atoms with E-state index in [1.54, 1.807) is 32.0 Å². The van der Waals surface area contributed by atoms with Crippen LogP contribution in [0.1, 0.15) is 26.7 Å². The largest absolute Gasteiger partial charge is 0.481 e. The highest BCUT2D eigenvalue weighted by molar-refractivity contribution is 5.81. The summed E-state index contributed by atoms with van der Waals surface area (Å²) in [5.41, 5.74) is -1.34. The Bertz CT molecular complexity index is 809. The first kappa shape index (κ1) is 17.7. The van der Waals surface area contributed by atoms with E-state index in [9.17, 15) is 19.5 Å². The van der Waals surface area contributed by atoms with E-state index < -0.39 is 17.3 Å². The van der Waals surface area contributed by atoms with Gasteiger partial charge in [0.2, 0.25) is 5.91 Å². The summed E-state index contributed by atoms with van der Waals surface area (Å²) in [4.78, 5) is 35.8. The molecule has 1 aromatic heterocycles. The lowest BCUT2D eigenvalue weighted by Gasteiger charge is -2.26. The summed E-state index contributed by atoms with van der Waals surface area (Å²) in [5, 5.41) is 17.2. The number of nitrogens with one attached hydrogen (secondary N) is 1. The topological polar surface area (TPSA) is 101 Å². The molecule has 0 aliphatic rings. The van der Waals surface area contributed by atoms with Crippen LogP contribution in [0.25, 0.3) is 10.8 Å². The number of nitrogens with zero attached hydrogens (tertiary/aromatic N) is 2. The average Bonchev–Trinajstić information content (AvgIpc) is 2.59. The average molecular weight is 331 g/mol. The van der Waals surface area contributed by atoms with Crippen LogP contribution in [-0.4, -0.2) is 33.3 Å². The van der Waals surface area contributed by atoms with Crippen LogP contribution < -0.4 is 10.9 Å². The first-order chi connectivity index (χ1) is 11.4. The number of carbonyl (C=O) groups is 2.